The molecule has 1 fully saturated rings. The lowest BCUT2D eigenvalue weighted by Crippen LogP contribution is -2.49. The Hall–Kier alpha value is -2.83. The molecule has 0 saturated carbocycles. The molecule has 6 nitrogen and oxygen atoms in total. The van der Waals surface area contributed by atoms with E-state index in [1.807, 2.05) is 42.5 Å². The number of rotatable bonds is 8. The molecule has 0 spiro atoms. The van der Waals surface area contributed by atoms with Gasteiger partial charge < -0.3 is 20.3 Å². The Bertz CT molecular complexity index is 1120. The maximum absolute atomic E-state index is 11.1. The number of benzene rings is 2. The number of hydrogen-bond acceptors (Lipinski definition) is 6. The van der Waals surface area contributed by atoms with Crippen LogP contribution in [0, 0.1) is 0 Å². The van der Waals surface area contributed by atoms with Crippen molar-refractivity contribution >= 4 is 40.5 Å². The van der Waals surface area contributed by atoms with Gasteiger partial charge in [-0.05, 0) is 57.4 Å². The summed E-state index contributed by atoms with van der Waals surface area (Å²) in [5.74, 6) is 0.737. The lowest BCUT2D eigenvalue weighted by molar-refractivity contribution is -0.129. The Labute approximate surface area is 206 Å². The third-order valence-corrected chi connectivity index (χ3v) is 6.33. The molecule has 2 heterocycles. The van der Waals surface area contributed by atoms with Crippen molar-refractivity contribution in [1.29, 1.82) is 0 Å². The summed E-state index contributed by atoms with van der Waals surface area (Å²) in [5.41, 5.74) is 4.11. The minimum atomic E-state index is 0.0952. The number of aromatic nitrogens is 1. The average molecular weight is 481 g/mol. The SMILES string of the molecule is CC(C)(C)NC1CCN(c2c(COC=O)c(NCc3ccc(Cl)cc3)nc3ccccc23)CC1. The number of pyridine rings is 1. The van der Waals surface area contributed by atoms with E-state index in [0.717, 1.165) is 59.5 Å². The van der Waals surface area contributed by atoms with Crippen LogP contribution in [-0.2, 0) is 22.7 Å². The smallest absolute Gasteiger partial charge is 0.293 e. The van der Waals surface area contributed by atoms with Crippen LogP contribution < -0.4 is 15.5 Å². The summed E-state index contributed by atoms with van der Waals surface area (Å²) >= 11 is 6.04. The topological polar surface area (TPSA) is 66.5 Å². The summed E-state index contributed by atoms with van der Waals surface area (Å²) in [6.45, 7) is 9.74. The van der Waals surface area contributed by atoms with Crippen LogP contribution in [0.2, 0.25) is 5.02 Å². The lowest BCUT2D eigenvalue weighted by atomic mass is 9.98. The largest absolute Gasteiger partial charge is 0.463 e. The monoisotopic (exact) mass is 480 g/mol. The van der Waals surface area contributed by atoms with Gasteiger partial charge in [-0.3, -0.25) is 4.79 Å². The first-order chi connectivity index (χ1) is 16.3. The number of fused-ring (bicyclic) bond motifs is 1. The molecular formula is C27H33ClN4O2. The maximum atomic E-state index is 11.1. The molecule has 34 heavy (non-hydrogen) atoms. The first kappa shape index (κ1) is 24.3. The van der Waals surface area contributed by atoms with Gasteiger partial charge in [-0.2, -0.15) is 0 Å². The summed E-state index contributed by atoms with van der Waals surface area (Å²) in [6.07, 6.45) is 2.10. The lowest BCUT2D eigenvalue weighted by Gasteiger charge is -2.38. The fourth-order valence-electron chi connectivity index (χ4n) is 4.64. The van der Waals surface area contributed by atoms with Gasteiger partial charge in [-0.1, -0.05) is 41.9 Å². The van der Waals surface area contributed by atoms with E-state index in [9.17, 15) is 4.79 Å². The van der Waals surface area contributed by atoms with Crippen molar-refractivity contribution in [3.63, 3.8) is 0 Å². The van der Waals surface area contributed by atoms with Gasteiger partial charge in [0.1, 0.15) is 12.4 Å². The van der Waals surface area contributed by atoms with Crippen LogP contribution in [0.4, 0.5) is 11.5 Å². The molecular weight excluding hydrogens is 448 g/mol. The van der Waals surface area contributed by atoms with Crippen molar-refractivity contribution in [3.8, 4) is 0 Å². The van der Waals surface area contributed by atoms with Crippen LogP contribution in [0.5, 0.6) is 0 Å². The highest BCUT2D eigenvalue weighted by molar-refractivity contribution is 6.30. The maximum Gasteiger partial charge on any atom is 0.293 e. The van der Waals surface area contributed by atoms with Gasteiger partial charge >= 0.3 is 0 Å². The molecule has 180 valence electrons. The molecule has 1 aromatic heterocycles. The van der Waals surface area contributed by atoms with Gasteiger partial charge in [-0.25, -0.2) is 4.98 Å². The minimum Gasteiger partial charge on any atom is -0.463 e. The van der Waals surface area contributed by atoms with E-state index in [2.05, 4.69) is 42.4 Å². The number of para-hydroxylation sites is 1. The summed E-state index contributed by atoms with van der Waals surface area (Å²) < 4.78 is 5.28. The molecule has 0 amide bonds. The average Bonchev–Trinajstić information content (AvgIpc) is 2.81. The molecule has 4 rings (SSSR count). The molecule has 1 aliphatic heterocycles. The second-order valence-electron chi connectivity index (χ2n) is 9.85. The Kier molecular flexibility index (Phi) is 7.59. The summed E-state index contributed by atoms with van der Waals surface area (Å²) in [6, 6.07) is 16.4. The van der Waals surface area contributed by atoms with Crippen molar-refractivity contribution in [2.45, 2.75) is 58.3 Å². The molecule has 7 heteroatoms. The van der Waals surface area contributed by atoms with Gasteiger partial charge in [0.25, 0.3) is 6.47 Å². The quantitative estimate of drug-likeness (QED) is 0.413. The Morgan fingerprint density at radius 3 is 2.50 bits per heavy atom. The molecule has 1 aliphatic rings. The first-order valence-electron chi connectivity index (χ1n) is 11.8. The number of piperidine rings is 1. The number of hydrogen-bond donors (Lipinski definition) is 2. The molecule has 3 aromatic rings. The summed E-state index contributed by atoms with van der Waals surface area (Å²) in [7, 11) is 0. The molecule has 2 N–H and O–H groups in total. The Morgan fingerprint density at radius 1 is 1.12 bits per heavy atom. The number of carbonyl (C=O) groups is 1. The van der Waals surface area contributed by atoms with Gasteiger partial charge in [0.05, 0.1) is 16.8 Å². The summed E-state index contributed by atoms with van der Waals surface area (Å²) in [5, 5.41) is 9.00. The van der Waals surface area contributed by atoms with Crippen LogP contribution in [0.25, 0.3) is 10.9 Å². The van der Waals surface area contributed by atoms with Gasteiger partial charge in [0, 0.05) is 41.6 Å². The molecule has 0 unspecified atom stereocenters. The Balaban J connectivity index is 1.67. The highest BCUT2D eigenvalue weighted by Gasteiger charge is 2.27. The van der Waals surface area contributed by atoms with Crippen molar-refractivity contribution in [3.05, 3.63) is 64.7 Å². The second kappa shape index (κ2) is 10.6. The predicted molar refractivity (Wildman–Crippen MR) is 139 cm³/mol. The molecule has 2 aromatic carbocycles. The van der Waals surface area contributed by atoms with Crippen molar-refractivity contribution < 1.29 is 9.53 Å². The molecule has 1 saturated heterocycles. The minimum absolute atomic E-state index is 0.0952. The normalized spacial score (nSPS) is 14.9. The third kappa shape index (κ3) is 5.99. The van der Waals surface area contributed by atoms with Crippen LogP contribution in [0.1, 0.15) is 44.7 Å². The Morgan fingerprint density at radius 2 is 1.82 bits per heavy atom. The van der Waals surface area contributed by atoms with Crippen LogP contribution in [0.3, 0.4) is 0 Å². The fourth-order valence-corrected chi connectivity index (χ4v) is 4.77. The zero-order valence-corrected chi connectivity index (χ0v) is 20.9. The van der Waals surface area contributed by atoms with E-state index in [1.54, 1.807) is 0 Å². The highest BCUT2D eigenvalue weighted by Crippen LogP contribution is 2.36. The van der Waals surface area contributed by atoms with Crippen LogP contribution in [0.15, 0.2) is 48.5 Å². The molecule has 0 radical (unpaired) electrons. The number of anilines is 2. The molecule has 0 aliphatic carbocycles. The van der Waals surface area contributed by atoms with Crippen molar-refractivity contribution in [2.24, 2.45) is 0 Å². The number of nitrogens with one attached hydrogen (secondary N) is 2. The predicted octanol–water partition coefficient (Wildman–Crippen LogP) is 5.53. The van der Waals surface area contributed by atoms with E-state index in [1.165, 1.54) is 0 Å². The standard InChI is InChI=1S/C27H33ClN4O2/c1-27(2,3)31-21-12-14-32(15-13-21)25-22-6-4-5-7-24(22)30-26(23(25)17-34-18-33)29-16-19-8-10-20(28)11-9-19/h4-11,18,21,31H,12-17H2,1-3H3,(H,29,30). The number of halogens is 1. The van der Waals surface area contributed by atoms with E-state index >= 15 is 0 Å². The van der Waals surface area contributed by atoms with E-state index in [0.29, 0.717) is 24.1 Å². The fraction of sp³-hybridized carbons (Fsp3) is 0.407. The number of ether oxygens (including phenoxy) is 1. The van der Waals surface area contributed by atoms with Crippen molar-refractivity contribution in [2.75, 3.05) is 23.3 Å². The molecule has 0 bridgehead atoms. The van der Waals surface area contributed by atoms with Gasteiger partial charge in [0.15, 0.2) is 0 Å². The zero-order valence-electron chi connectivity index (χ0n) is 20.1. The van der Waals surface area contributed by atoms with E-state index in [4.69, 9.17) is 21.3 Å². The van der Waals surface area contributed by atoms with Gasteiger partial charge in [0.2, 0.25) is 0 Å². The number of carbonyl (C=O) groups excluding carboxylic acids is 1. The van der Waals surface area contributed by atoms with Crippen LogP contribution in [-0.4, -0.2) is 36.1 Å². The zero-order chi connectivity index (χ0) is 24.1. The second-order valence-corrected chi connectivity index (χ2v) is 10.3. The van der Waals surface area contributed by atoms with E-state index in [-0.39, 0.29) is 12.1 Å². The highest BCUT2D eigenvalue weighted by atomic mass is 35.5. The third-order valence-electron chi connectivity index (χ3n) is 6.08. The van der Waals surface area contributed by atoms with Gasteiger partial charge in [-0.15, -0.1) is 0 Å². The first-order valence-corrected chi connectivity index (χ1v) is 12.2. The van der Waals surface area contributed by atoms with Crippen LogP contribution >= 0.6 is 11.6 Å². The molecule has 0 atom stereocenters. The number of nitrogens with zero attached hydrogens (tertiary/aromatic N) is 2. The summed E-state index contributed by atoms with van der Waals surface area (Å²) in [4.78, 5) is 18.5. The van der Waals surface area contributed by atoms with Crippen molar-refractivity contribution in [1.82, 2.24) is 10.3 Å². The van der Waals surface area contributed by atoms with E-state index < -0.39 is 0 Å².